The van der Waals surface area contributed by atoms with Gasteiger partial charge in [0.05, 0.1) is 19.6 Å². The number of alkyl halides is 2. The minimum Gasteiger partial charge on any atom is -0.481 e. The van der Waals surface area contributed by atoms with Crippen LogP contribution in [-0.4, -0.2) is 48.4 Å². The first kappa shape index (κ1) is 15.7. The molecule has 1 heterocycles. The van der Waals surface area contributed by atoms with Crippen LogP contribution in [0.2, 0.25) is 0 Å². The van der Waals surface area contributed by atoms with E-state index >= 15 is 0 Å². The van der Waals surface area contributed by atoms with Gasteiger partial charge in [-0.05, 0) is 17.7 Å². The summed E-state index contributed by atoms with van der Waals surface area (Å²) >= 11 is 0. The molecular weight excluding hydrogens is 284 g/mol. The monoisotopic (exact) mass is 301 g/mol. The number of morpholine rings is 1. The fraction of sp³-hybridized carbons (Fsp3) is 0.500. The Balaban J connectivity index is 1.96. The Hall–Kier alpha value is -1.73. The molecule has 1 N–H and O–H groups in total. The lowest BCUT2D eigenvalue weighted by atomic mass is 10.1. The Morgan fingerprint density at radius 1 is 1.43 bits per heavy atom. The molecule has 0 saturated carbocycles. The summed E-state index contributed by atoms with van der Waals surface area (Å²) in [6, 6.07) is 6.19. The van der Waals surface area contributed by atoms with Gasteiger partial charge in [0.15, 0.2) is 0 Å². The second-order valence-electron chi connectivity index (χ2n) is 4.82. The van der Waals surface area contributed by atoms with Crippen molar-refractivity contribution in [1.82, 2.24) is 4.90 Å². The van der Waals surface area contributed by atoms with Gasteiger partial charge in [-0.3, -0.25) is 9.69 Å². The van der Waals surface area contributed by atoms with Crippen molar-refractivity contribution < 1.29 is 28.2 Å². The zero-order chi connectivity index (χ0) is 15.2. The number of carbonyl (C=O) groups is 1. The summed E-state index contributed by atoms with van der Waals surface area (Å²) in [6.07, 6.45) is 0.0204. The van der Waals surface area contributed by atoms with E-state index in [9.17, 15) is 13.6 Å². The zero-order valence-corrected chi connectivity index (χ0v) is 11.4. The number of carboxylic acids is 1. The van der Waals surface area contributed by atoms with Gasteiger partial charge in [-0.1, -0.05) is 12.1 Å². The van der Waals surface area contributed by atoms with Gasteiger partial charge in [0, 0.05) is 19.1 Å². The molecule has 0 spiro atoms. The third-order valence-electron chi connectivity index (χ3n) is 3.29. The maximum absolute atomic E-state index is 12.1. The Labute approximate surface area is 121 Å². The number of halogens is 2. The van der Waals surface area contributed by atoms with Gasteiger partial charge in [0.2, 0.25) is 0 Å². The van der Waals surface area contributed by atoms with Gasteiger partial charge in [-0.2, -0.15) is 8.78 Å². The summed E-state index contributed by atoms with van der Waals surface area (Å²) in [5, 5.41) is 8.90. The van der Waals surface area contributed by atoms with Gasteiger partial charge in [0.1, 0.15) is 5.75 Å². The van der Waals surface area contributed by atoms with E-state index in [0.29, 0.717) is 26.3 Å². The average Bonchev–Trinajstić information content (AvgIpc) is 2.42. The van der Waals surface area contributed by atoms with Crippen LogP contribution in [0, 0.1) is 0 Å². The highest BCUT2D eigenvalue weighted by atomic mass is 19.3. The van der Waals surface area contributed by atoms with E-state index in [2.05, 4.69) is 4.74 Å². The topological polar surface area (TPSA) is 59.0 Å². The number of hydrogen-bond donors (Lipinski definition) is 1. The van der Waals surface area contributed by atoms with E-state index in [1.165, 1.54) is 12.1 Å². The molecule has 0 radical (unpaired) electrons. The van der Waals surface area contributed by atoms with E-state index in [0.717, 1.165) is 5.56 Å². The second kappa shape index (κ2) is 7.33. The lowest BCUT2D eigenvalue weighted by molar-refractivity contribution is -0.140. The van der Waals surface area contributed by atoms with Crippen LogP contribution in [-0.2, 0) is 16.1 Å². The fourth-order valence-electron chi connectivity index (χ4n) is 2.30. The lowest BCUT2D eigenvalue weighted by Crippen LogP contribution is -2.45. The van der Waals surface area contributed by atoms with Crippen molar-refractivity contribution in [2.45, 2.75) is 25.6 Å². The summed E-state index contributed by atoms with van der Waals surface area (Å²) in [5.74, 6) is -0.756. The van der Waals surface area contributed by atoms with Crippen molar-refractivity contribution in [3.8, 4) is 5.75 Å². The van der Waals surface area contributed by atoms with Gasteiger partial charge in [0.25, 0.3) is 0 Å². The molecule has 1 atom stereocenters. The third-order valence-corrected chi connectivity index (χ3v) is 3.29. The standard InChI is InChI=1S/C14H17F2NO4/c15-14(16)21-12-3-1-10(2-4-12)8-17-5-6-20-9-11(17)7-13(18)19/h1-4,11,14H,5-9H2,(H,18,19)/t11-/m1/s1. The lowest BCUT2D eigenvalue weighted by Gasteiger charge is -2.34. The predicted molar refractivity (Wildman–Crippen MR) is 70.3 cm³/mol. The number of nitrogens with zero attached hydrogens (tertiary/aromatic N) is 1. The van der Waals surface area contributed by atoms with Crippen molar-refractivity contribution in [2.75, 3.05) is 19.8 Å². The van der Waals surface area contributed by atoms with Gasteiger partial charge in [-0.15, -0.1) is 0 Å². The van der Waals surface area contributed by atoms with Crippen molar-refractivity contribution in [3.05, 3.63) is 29.8 Å². The van der Waals surface area contributed by atoms with Crippen LogP contribution < -0.4 is 4.74 Å². The van der Waals surface area contributed by atoms with E-state index < -0.39 is 12.6 Å². The molecular formula is C14H17F2NO4. The highest BCUT2D eigenvalue weighted by molar-refractivity contribution is 5.67. The van der Waals surface area contributed by atoms with Crippen molar-refractivity contribution in [3.63, 3.8) is 0 Å². The van der Waals surface area contributed by atoms with E-state index in [1.54, 1.807) is 12.1 Å². The molecule has 2 rings (SSSR count). The minimum absolute atomic E-state index is 0.0204. The Morgan fingerprint density at radius 2 is 2.14 bits per heavy atom. The smallest absolute Gasteiger partial charge is 0.387 e. The first-order valence-corrected chi connectivity index (χ1v) is 6.62. The minimum atomic E-state index is -2.84. The molecule has 0 aromatic heterocycles. The van der Waals surface area contributed by atoms with Crippen LogP contribution in [0.5, 0.6) is 5.75 Å². The van der Waals surface area contributed by atoms with Gasteiger partial charge < -0.3 is 14.6 Å². The van der Waals surface area contributed by atoms with Crippen LogP contribution in [0.15, 0.2) is 24.3 Å². The molecule has 1 aromatic rings. The largest absolute Gasteiger partial charge is 0.481 e. The normalized spacial score (nSPS) is 19.7. The molecule has 5 nitrogen and oxygen atoms in total. The number of benzene rings is 1. The third kappa shape index (κ3) is 4.95. The molecule has 1 fully saturated rings. The van der Waals surface area contributed by atoms with E-state index in [4.69, 9.17) is 9.84 Å². The highest BCUT2D eigenvalue weighted by Gasteiger charge is 2.25. The second-order valence-corrected chi connectivity index (χ2v) is 4.82. The molecule has 1 saturated heterocycles. The van der Waals surface area contributed by atoms with Crippen LogP contribution >= 0.6 is 0 Å². The molecule has 1 aliphatic heterocycles. The fourth-order valence-corrected chi connectivity index (χ4v) is 2.30. The number of rotatable bonds is 6. The number of aliphatic carboxylic acids is 1. The van der Waals surface area contributed by atoms with Crippen molar-refractivity contribution in [2.24, 2.45) is 0 Å². The Bertz CT molecular complexity index is 467. The van der Waals surface area contributed by atoms with Crippen LogP contribution in [0.3, 0.4) is 0 Å². The quantitative estimate of drug-likeness (QED) is 0.870. The van der Waals surface area contributed by atoms with Crippen molar-refractivity contribution >= 4 is 5.97 Å². The summed E-state index contributed by atoms with van der Waals surface area (Å²) in [7, 11) is 0. The van der Waals surface area contributed by atoms with Gasteiger partial charge in [-0.25, -0.2) is 0 Å². The number of carboxylic acid groups (broad SMARTS) is 1. The summed E-state index contributed by atoms with van der Waals surface area (Å²) in [4.78, 5) is 12.9. The predicted octanol–water partition coefficient (Wildman–Crippen LogP) is 1.96. The zero-order valence-electron chi connectivity index (χ0n) is 11.4. The molecule has 1 aliphatic rings. The van der Waals surface area contributed by atoms with Crippen molar-refractivity contribution in [1.29, 1.82) is 0 Å². The van der Waals surface area contributed by atoms with Crippen LogP contribution in [0.25, 0.3) is 0 Å². The first-order valence-electron chi connectivity index (χ1n) is 6.62. The van der Waals surface area contributed by atoms with Crippen LogP contribution in [0.1, 0.15) is 12.0 Å². The average molecular weight is 301 g/mol. The molecule has 0 bridgehead atoms. The Morgan fingerprint density at radius 3 is 2.76 bits per heavy atom. The maximum atomic E-state index is 12.1. The SMILES string of the molecule is O=C(O)C[C@@H]1COCCN1Cc1ccc(OC(F)F)cc1. The molecule has 1 aromatic carbocycles. The number of ether oxygens (including phenoxy) is 2. The molecule has 7 heteroatoms. The van der Waals surface area contributed by atoms with E-state index in [1.807, 2.05) is 4.90 Å². The Kier molecular flexibility index (Phi) is 5.46. The van der Waals surface area contributed by atoms with Gasteiger partial charge >= 0.3 is 12.6 Å². The first-order chi connectivity index (χ1) is 10.0. The summed E-state index contributed by atoms with van der Waals surface area (Å²) in [5.41, 5.74) is 0.911. The van der Waals surface area contributed by atoms with E-state index in [-0.39, 0.29) is 18.2 Å². The molecule has 116 valence electrons. The molecule has 21 heavy (non-hydrogen) atoms. The number of hydrogen-bond acceptors (Lipinski definition) is 4. The summed E-state index contributed by atoms with van der Waals surface area (Å²) in [6.45, 7) is -0.694. The maximum Gasteiger partial charge on any atom is 0.387 e. The molecule has 0 unspecified atom stereocenters. The van der Waals surface area contributed by atoms with Crippen LogP contribution in [0.4, 0.5) is 8.78 Å². The highest BCUT2D eigenvalue weighted by Crippen LogP contribution is 2.18. The molecule has 0 aliphatic carbocycles. The summed E-state index contributed by atoms with van der Waals surface area (Å²) < 4.78 is 33.7. The molecule has 0 amide bonds.